The summed E-state index contributed by atoms with van der Waals surface area (Å²) in [6.07, 6.45) is 6.36. The number of nitrogens with zero attached hydrogens (tertiary/aromatic N) is 2. The molecule has 0 N–H and O–H groups in total. The van der Waals surface area contributed by atoms with Gasteiger partial charge in [0.15, 0.2) is 0 Å². The molecule has 3 heteroatoms. The van der Waals surface area contributed by atoms with Gasteiger partial charge in [0.05, 0.1) is 5.70 Å². The summed E-state index contributed by atoms with van der Waals surface area (Å²) in [4.78, 5) is 8.32. The topological polar surface area (TPSA) is 24.7 Å². The first-order chi connectivity index (χ1) is 5.38. The van der Waals surface area contributed by atoms with Crippen LogP contribution in [0.4, 0.5) is 0 Å². The SMILES string of the molecule is CCC1=C(SC)N=CC=C=N1. The summed E-state index contributed by atoms with van der Waals surface area (Å²) in [7, 11) is 0. The molecule has 0 radical (unpaired) electrons. The summed E-state index contributed by atoms with van der Waals surface area (Å²) in [6.45, 7) is 2.07. The van der Waals surface area contributed by atoms with E-state index in [1.54, 1.807) is 24.1 Å². The van der Waals surface area contributed by atoms with Gasteiger partial charge in [0, 0.05) is 12.3 Å². The number of allylic oxidation sites excluding steroid dienone is 2. The fraction of sp³-hybridized carbons (Fsp3) is 0.375. The molecule has 1 heterocycles. The Morgan fingerprint density at radius 3 is 3.09 bits per heavy atom. The van der Waals surface area contributed by atoms with Crippen molar-refractivity contribution in [2.75, 3.05) is 6.26 Å². The van der Waals surface area contributed by atoms with Crippen LogP contribution < -0.4 is 0 Å². The molecule has 0 bridgehead atoms. The third-order valence-corrected chi connectivity index (χ3v) is 2.04. The van der Waals surface area contributed by atoms with Crippen LogP contribution in [0.5, 0.6) is 0 Å². The number of thioether (sulfide) groups is 1. The van der Waals surface area contributed by atoms with Crippen molar-refractivity contribution in [1.29, 1.82) is 0 Å². The number of rotatable bonds is 2. The van der Waals surface area contributed by atoms with E-state index in [0.717, 1.165) is 17.1 Å². The van der Waals surface area contributed by atoms with Crippen molar-refractivity contribution in [3.63, 3.8) is 0 Å². The van der Waals surface area contributed by atoms with Gasteiger partial charge in [-0.2, -0.15) is 0 Å². The molecule has 2 nitrogen and oxygen atoms in total. The standard InChI is InChI=1S/C8H10N2S/c1-3-7-8(11-2)10-6-4-5-9-7/h4,6H,3H2,1-2H3. The summed E-state index contributed by atoms with van der Waals surface area (Å²) in [5.41, 5.74) is 1.02. The van der Waals surface area contributed by atoms with Gasteiger partial charge in [0.2, 0.25) is 0 Å². The van der Waals surface area contributed by atoms with Crippen molar-refractivity contribution >= 4 is 23.8 Å². The van der Waals surface area contributed by atoms with Crippen molar-refractivity contribution in [3.8, 4) is 0 Å². The molecule has 58 valence electrons. The van der Waals surface area contributed by atoms with E-state index in [0.29, 0.717) is 0 Å². The maximum Gasteiger partial charge on any atom is 0.118 e. The van der Waals surface area contributed by atoms with E-state index in [4.69, 9.17) is 0 Å². The second kappa shape index (κ2) is 4.16. The molecule has 0 aliphatic carbocycles. The molecule has 1 aliphatic rings. The first-order valence-electron chi connectivity index (χ1n) is 3.47. The summed E-state index contributed by atoms with van der Waals surface area (Å²) in [5, 5.41) is 0.994. The summed E-state index contributed by atoms with van der Waals surface area (Å²) < 4.78 is 0. The van der Waals surface area contributed by atoms with Gasteiger partial charge in [-0.3, -0.25) is 0 Å². The van der Waals surface area contributed by atoms with Gasteiger partial charge >= 0.3 is 0 Å². The Morgan fingerprint density at radius 1 is 1.64 bits per heavy atom. The van der Waals surface area contributed by atoms with Crippen LogP contribution in [0, 0.1) is 0 Å². The lowest BCUT2D eigenvalue weighted by Gasteiger charge is -1.98. The van der Waals surface area contributed by atoms with Crippen LogP contribution >= 0.6 is 11.8 Å². The Labute approximate surface area is 70.8 Å². The van der Waals surface area contributed by atoms with Crippen LogP contribution in [-0.4, -0.2) is 18.3 Å². The highest BCUT2D eigenvalue weighted by molar-refractivity contribution is 8.02. The third-order valence-electron chi connectivity index (χ3n) is 1.32. The quantitative estimate of drug-likeness (QED) is 0.617. The van der Waals surface area contributed by atoms with Gasteiger partial charge in [-0.05, 0) is 18.5 Å². The van der Waals surface area contributed by atoms with Gasteiger partial charge < -0.3 is 0 Å². The second-order valence-electron chi connectivity index (χ2n) is 2.00. The molecule has 0 fully saturated rings. The zero-order valence-electron chi connectivity index (χ0n) is 6.66. The molecule has 11 heavy (non-hydrogen) atoms. The minimum atomic E-state index is 0.911. The summed E-state index contributed by atoms with van der Waals surface area (Å²) in [6, 6.07) is 0. The van der Waals surface area contributed by atoms with E-state index >= 15 is 0 Å². The van der Waals surface area contributed by atoms with Crippen LogP contribution in [0.15, 0.2) is 26.8 Å². The van der Waals surface area contributed by atoms with Crippen LogP contribution in [0.1, 0.15) is 13.3 Å². The van der Waals surface area contributed by atoms with Gasteiger partial charge in [-0.15, -0.1) is 11.8 Å². The molecular weight excluding hydrogens is 156 g/mol. The predicted octanol–water partition coefficient (Wildman–Crippen LogP) is 2.24. The highest BCUT2D eigenvalue weighted by atomic mass is 32.2. The van der Waals surface area contributed by atoms with Crippen LogP contribution in [-0.2, 0) is 0 Å². The Bertz CT molecular complexity index is 257. The van der Waals surface area contributed by atoms with Gasteiger partial charge in [-0.1, -0.05) is 6.92 Å². The fourth-order valence-electron chi connectivity index (χ4n) is 0.777. The van der Waals surface area contributed by atoms with Crippen molar-refractivity contribution in [2.45, 2.75) is 13.3 Å². The van der Waals surface area contributed by atoms with Crippen LogP contribution in [0.2, 0.25) is 0 Å². The van der Waals surface area contributed by atoms with Crippen LogP contribution in [0.3, 0.4) is 0 Å². The molecule has 0 atom stereocenters. The minimum Gasteiger partial charge on any atom is -0.247 e. The zero-order chi connectivity index (χ0) is 8.10. The van der Waals surface area contributed by atoms with Crippen LogP contribution in [0.25, 0.3) is 0 Å². The third kappa shape index (κ3) is 2.07. The van der Waals surface area contributed by atoms with Crippen molar-refractivity contribution in [1.82, 2.24) is 0 Å². The molecule has 0 unspecified atom stereocenters. The maximum absolute atomic E-state index is 4.20. The monoisotopic (exact) mass is 166 g/mol. The van der Waals surface area contributed by atoms with Crippen molar-refractivity contribution in [2.24, 2.45) is 9.98 Å². The lowest BCUT2D eigenvalue weighted by atomic mass is 10.4. The minimum absolute atomic E-state index is 0.911. The van der Waals surface area contributed by atoms with E-state index in [9.17, 15) is 0 Å². The normalized spacial score (nSPS) is 15.8. The molecule has 0 spiro atoms. The molecule has 0 amide bonds. The Hall–Kier alpha value is -0.790. The number of hydrogen-bond donors (Lipinski definition) is 0. The van der Waals surface area contributed by atoms with Gasteiger partial charge in [0.1, 0.15) is 5.03 Å². The molecule has 1 rings (SSSR count). The lowest BCUT2D eigenvalue weighted by molar-refractivity contribution is 1.06. The summed E-state index contributed by atoms with van der Waals surface area (Å²) >= 11 is 1.62. The largest absolute Gasteiger partial charge is 0.247 e. The molecular formula is C8H10N2S. The predicted molar refractivity (Wildman–Crippen MR) is 51.3 cm³/mol. The van der Waals surface area contributed by atoms with Crippen molar-refractivity contribution in [3.05, 3.63) is 16.8 Å². The lowest BCUT2D eigenvalue weighted by Crippen LogP contribution is -1.79. The second-order valence-corrected chi connectivity index (χ2v) is 2.79. The average molecular weight is 166 g/mol. The highest BCUT2D eigenvalue weighted by Crippen LogP contribution is 2.21. The maximum atomic E-state index is 4.20. The Kier molecular flexibility index (Phi) is 3.14. The smallest absolute Gasteiger partial charge is 0.118 e. The first kappa shape index (κ1) is 8.31. The molecule has 0 saturated carbocycles. The number of aliphatic imine (C=N–C) groups is 2. The fourth-order valence-corrected chi connectivity index (χ4v) is 1.37. The molecule has 0 aromatic heterocycles. The van der Waals surface area contributed by atoms with E-state index < -0.39 is 0 Å². The molecule has 0 saturated heterocycles. The van der Waals surface area contributed by atoms with Crippen molar-refractivity contribution < 1.29 is 0 Å². The molecule has 0 aromatic rings. The highest BCUT2D eigenvalue weighted by Gasteiger charge is 2.00. The zero-order valence-corrected chi connectivity index (χ0v) is 7.48. The van der Waals surface area contributed by atoms with Gasteiger partial charge in [-0.25, -0.2) is 9.98 Å². The molecule has 0 aromatic carbocycles. The first-order valence-corrected chi connectivity index (χ1v) is 4.70. The average Bonchev–Trinajstić information content (AvgIpc) is 2.27. The van der Waals surface area contributed by atoms with E-state index in [2.05, 4.69) is 22.8 Å². The summed E-state index contributed by atoms with van der Waals surface area (Å²) in [5.74, 6) is 2.79. The van der Waals surface area contributed by atoms with E-state index in [1.165, 1.54) is 0 Å². The van der Waals surface area contributed by atoms with E-state index in [1.807, 2.05) is 6.26 Å². The molecule has 1 aliphatic heterocycles. The Morgan fingerprint density at radius 2 is 2.45 bits per heavy atom. The number of hydrogen-bond acceptors (Lipinski definition) is 3. The Balaban J connectivity index is 2.99. The van der Waals surface area contributed by atoms with E-state index in [-0.39, 0.29) is 0 Å². The van der Waals surface area contributed by atoms with Gasteiger partial charge in [0.25, 0.3) is 0 Å².